The minimum absolute atomic E-state index is 0.514. The average molecular weight is 237 g/mol. The minimum atomic E-state index is -0.514. The standard InChI is InChI=1S/C12H15NO4/c1-4-9-7-12(17-3)10(5-6-13(14)15)8-11(9)16-2/h5-8H,4H2,1-3H3/b6-5-. The lowest BCUT2D eigenvalue weighted by molar-refractivity contribution is -0.400. The number of hydrogen-bond acceptors (Lipinski definition) is 4. The number of rotatable bonds is 5. The van der Waals surface area contributed by atoms with E-state index in [0.29, 0.717) is 17.1 Å². The highest BCUT2D eigenvalue weighted by Crippen LogP contribution is 2.30. The summed E-state index contributed by atoms with van der Waals surface area (Å²) in [7, 11) is 3.10. The number of methoxy groups -OCH3 is 2. The van der Waals surface area contributed by atoms with Gasteiger partial charge in [-0.25, -0.2) is 0 Å². The Labute approximate surface area is 99.8 Å². The van der Waals surface area contributed by atoms with Gasteiger partial charge >= 0.3 is 0 Å². The van der Waals surface area contributed by atoms with Crippen molar-refractivity contribution in [3.8, 4) is 11.5 Å². The van der Waals surface area contributed by atoms with Crippen LogP contribution in [0.1, 0.15) is 18.1 Å². The molecule has 0 saturated carbocycles. The van der Waals surface area contributed by atoms with Gasteiger partial charge in [-0.05, 0) is 24.1 Å². The average Bonchev–Trinajstić information content (AvgIpc) is 2.34. The molecule has 0 radical (unpaired) electrons. The van der Waals surface area contributed by atoms with E-state index in [9.17, 15) is 10.1 Å². The SMILES string of the molecule is CCc1cc(OC)c(/C=C\[N+](=O)[O-])cc1OC. The Hall–Kier alpha value is -2.04. The Morgan fingerprint density at radius 1 is 1.29 bits per heavy atom. The lowest BCUT2D eigenvalue weighted by Crippen LogP contribution is -1.95. The number of nitro groups is 1. The molecular formula is C12H15NO4. The van der Waals surface area contributed by atoms with Crippen molar-refractivity contribution in [3.05, 3.63) is 39.6 Å². The Morgan fingerprint density at radius 2 is 1.94 bits per heavy atom. The van der Waals surface area contributed by atoms with Gasteiger partial charge in [0.15, 0.2) is 0 Å². The fraction of sp³-hybridized carbons (Fsp3) is 0.333. The van der Waals surface area contributed by atoms with Gasteiger partial charge in [0.25, 0.3) is 0 Å². The molecule has 5 heteroatoms. The van der Waals surface area contributed by atoms with Gasteiger partial charge in [-0.2, -0.15) is 0 Å². The summed E-state index contributed by atoms with van der Waals surface area (Å²) in [5.74, 6) is 1.30. The van der Waals surface area contributed by atoms with E-state index in [-0.39, 0.29) is 0 Å². The van der Waals surface area contributed by atoms with Crippen LogP contribution in [0.15, 0.2) is 18.3 Å². The van der Waals surface area contributed by atoms with Crippen molar-refractivity contribution in [3.63, 3.8) is 0 Å². The van der Waals surface area contributed by atoms with E-state index in [1.807, 2.05) is 13.0 Å². The first-order valence-electron chi connectivity index (χ1n) is 5.19. The predicted molar refractivity (Wildman–Crippen MR) is 65.0 cm³/mol. The largest absolute Gasteiger partial charge is 0.496 e. The highest BCUT2D eigenvalue weighted by atomic mass is 16.6. The van der Waals surface area contributed by atoms with Gasteiger partial charge in [0.1, 0.15) is 11.5 Å². The van der Waals surface area contributed by atoms with Crippen LogP contribution in [0.5, 0.6) is 11.5 Å². The third-order valence-corrected chi connectivity index (χ3v) is 2.39. The predicted octanol–water partition coefficient (Wildman–Crippen LogP) is 2.51. The molecule has 0 N–H and O–H groups in total. The zero-order chi connectivity index (χ0) is 12.8. The van der Waals surface area contributed by atoms with Gasteiger partial charge in [0, 0.05) is 11.6 Å². The molecule has 0 bridgehead atoms. The van der Waals surface area contributed by atoms with Gasteiger partial charge in [-0.15, -0.1) is 0 Å². The first-order chi connectivity index (χ1) is 8.12. The maximum Gasteiger partial charge on any atom is 0.235 e. The fourth-order valence-electron chi connectivity index (χ4n) is 1.53. The van der Waals surface area contributed by atoms with Gasteiger partial charge in [0.2, 0.25) is 6.20 Å². The van der Waals surface area contributed by atoms with Gasteiger partial charge in [-0.1, -0.05) is 6.92 Å². The molecular weight excluding hydrogens is 222 g/mol. The fourth-order valence-corrected chi connectivity index (χ4v) is 1.53. The van der Waals surface area contributed by atoms with Crippen molar-refractivity contribution < 1.29 is 14.4 Å². The number of ether oxygens (including phenoxy) is 2. The molecule has 1 aromatic carbocycles. The van der Waals surface area contributed by atoms with Crippen LogP contribution in [0.3, 0.4) is 0 Å². The molecule has 0 aliphatic carbocycles. The lowest BCUT2D eigenvalue weighted by Gasteiger charge is -2.11. The highest BCUT2D eigenvalue weighted by Gasteiger charge is 2.08. The first-order valence-corrected chi connectivity index (χ1v) is 5.19. The third-order valence-electron chi connectivity index (χ3n) is 2.39. The molecule has 0 aliphatic heterocycles. The van der Waals surface area contributed by atoms with Crippen LogP contribution in [-0.2, 0) is 6.42 Å². The summed E-state index contributed by atoms with van der Waals surface area (Å²) in [6.07, 6.45) is 3.07. The second kappa shape index (κ2) is 5.89. The van der Waals surface area contributed by atoms with E-state index in [0.717, 1.165) is 18.2 Å². The molecule has 0 heterocycles. The van der Waals surface area contributed by atoms with E-state index in [1.165, 1.54) is 13.2 Å². The number of hydrogen-bond donors (Lipinski definition) is 0. The number of benzene rings is 1. The molecule has 5 nitrogen and oxygen atoms in total. The smallest absolute Gasteiger partial charge is 0.235 e. The van der Waals surface area contributed by atoms with Crippen molar-refractivity contribution in [2.45, 2.75) is 13.3 Å². The van der Waals surface area contributed by atoms with E-state index in [1.54, 1.807) is 13.2 Å². The summed E-state index contributed by atoms with van der Waals surface area (Å²) in [6, 6.07) is 3.57. The summed E-state index contributed by atoms with van der Waals surface area (Å²) in [5, 5.41) is 10.3. The first kappa shape index (κ1) is 13.0. The normalized spacial score (nSPS) is 10.5. The highest BCUT2D eigenvalue weighted by molar-refractivity contribution is 5.61. The van der Waals surface area contributed by atoms with Crippen LogP contribution in [-0.4, -0.2) is 19.1 Å². The second-order valence-electron chi connectivity index (χ2n) is 3.36. The number of aryl methyl sites for hydroxylation is 1. The molecule has 0 fully saturated rings. The van der Waals surface area contributed by atoms with Crippen molar-refractivity contribution in [2.24, 2.45) is 0 Å². The quantitative estimate of drug-likeness (QED) is 0.583. The molecule has 0 saturated heterocycles. The Kier molecular flexibility index (Phi) is 4.51. The molecule has 0 aliphatic rings. The molecule has 1 aromatic rings. The molecule has 92 valence electrons. The van der Waals surface area contributed by atoms with E-state index >= 15 is 0 Å². The van der Waals surface area contributed by atoms with Crippen LogP contribution in [0, 0.1) is 10.1 Å². The summed E-state index contributed by atoms with van der Waals surface area (Å²) in [5.41, 5.74) is 1.63. The van der Waals surface area contributed by atoms with Crippen molar-refractivity contribution in [1.29, 1.82) is 0 Å². The number of nitrogens with zero attached hydrogens (tertiary/aromatic N) is 1. The molecule has 0 atom stereocenters. The summed E-state index contributed by atoms with van der Waals surface area (Å²) in [6.45, 7) is 2.00. The van der Waals surface area contributed by atoms with E-state index in [2.05, 4.69) is 0 Å². The van der Waals surface area contributed by atoms with Crippen LogP contribution in [0.4, 0.5) is 0 Å². The maximum atomic E-state index is 10.3. The topological polar surface area (TPSA) is 61.6 Å². The van der Waals surface area contributed by atoms with Crippen LogP contribution >= 0.6 is 0 Å². The van der Waals surface area contributed by atoms with Crippen molar-refractivity contribution >= 4 is 6.08 Å². The van der Waals surface area contributed by atoms with Gasteiger partial charge in [-0.3, -0.25) is 10.1 Å². The van der Waals surface area contributed by atoms with Crippen LogP contribution in [0.2, 0.25) is 0 Å². The second-order valence-corrected chi connectivity index (χ2v) is 3.36. The van der Waals surface area contributed by atoms with Gasteiger partial charge in [0.05, 0.1) is 19.1 Å². The molecule has 0 unspecified atom stereocenters. The Morgan fingerprint density at radius 3 is 2.41 bits per heavy atom. The zero-order valence-electron chi connectivity index (χ0n) is 10.1. The molecule has 0 amide bonds. The molecule has 0 spiro atoms. The summed E-state index contributed by atoms with van der Waals surface area (Å²) in [4.78, 5) is 9.78. The van der Waals surface area contributed by atoms with E-state index in [4.69, 9.17) is 9.47 Å². The summed E-state index contributed by atoms with van der Waals surface area (Å²) < 4.78 is 10.4. The Balaban J connectivity index is 3.23. The van der Waals surface area contributed by atoms with Crippen LogP contribution < -0.4 is 9.47 Å². The molecule has 17 heavy (non-hydrogen) atoms. The molecule has 1 rings (SSSR count). The minimum Gasteiger partial charge on any atom is -0.496 e. The van der Waals surface area contributed by atoms with E-state index < -0.39 is 4.92 Å². The van der Waals surface area contributed by atoms with Crippen molar-refractivity contribution in [1.82, 2.24) is 0 Å². The Bertz CT molecular complexity index is 440. The lowest BCUT2D eigenvalue weighted by atomic mass is 10.1. The monoisotopic (exact) mass is 237 g/mol. The summed E-state index contributed by atoms with van der Waals surface area (Å²) >= 11 is 0. The third kappa shape index (κ3) is 3.21. The zero-order valence-corrected chi connectivity index (χ0v) is 10.1. The van der Waals surface area contributed by atoms with Crippen molar-refractivity contribution in [2.75, 3.05) is 14.2 Å². The molecule has 0 aromatic heterocycles. The van der Waals surface area contributed by atoms with Gasteiger partial charge < -0.3 is 9.47 Å². The van der Waals surface area contributed by atoms with Crippen LogP contribution in [0.25, 0.3) is 6.08 Å². The maximum absolute atomic E-state index is 10.3.